The average molecular weight is 537 g/mol. The van der Waals surface area contributed by atoms with Crippen molar-refractivity contribution < 1.29 is 32.9 Å². The highest BCUT2D eigenvalue weighted by Gasteiger charge is 2.13. The topological polar surface area (TPSA) is 134 Å². The first-order chi connectivity index (χ1) is 18.1. The van der Waals surface area contributed by atoms with Crippen LogP contribution in [0, 0.1) is 6.92 Å². The van der Waals surface area contributed by atoms with Crippen LogP contribution in [-0.2, 0) is 14.8 Å². The number of hydrazine groups is 1. The molecule has 0 bridgehead atoms. The number of allylic oxidation sites excluding steroid dienone is 3. The number of phenols is 2. The molecule has 3 aromatic rings. The van der Waals surface area contributed by atoms with Crippen molar-refractivity contribution in [2.45, 2.75) is 11.8 Å². The Hall–Kier alpha value is -4.54. The Morgan fingerprint density at radius 1 is 0.816 bits per heavy atom. The molecule has 0 aliphatic rings. The summed E-state index contributed by atoms with van der Waals surface area (Å²) in [6, 6.07) is 15.6. The lowest BCUT2D eigenvalue weighted by Gasteiger charge is -2.10. The molecule has 0 amide bonds. The molecule has 0 saturated carbocycles. The van der Waals surface area contributed by atoms with Crippen LogP contribution in [0.25, 0.3) is 12.2 Å². The van der Waals surface area contributed by atoms with E-state index in [4.69, 9.17) is 9.47 Å². The molecule has 0 fully saturated rings. The van der Waals surface area contributed by atoms with Gasteiger partial charge in [0.25, 0.3) is 10.0 Å². The van der Waals surface area contributed by atoms with Crippen LogP contribution in [0.5, 0.6) is 23.0 Å². The van der Waals surface area contributed by atoms with Crippen molar-refractivity contribution >= 4 is 28.0 Å². The normalized spacial score (nSPS) is 12.1. The molecule has 0 heterocycles. The molecule has 0 unspecified atom stereocenters. The van der Waals surface area contributed by atoms with Crippen molar-refractivity contribution in [2.75, 3.05) is 14.2 Å². The van der Waals surface area contributed by atoms with Gasteiger partial charge < -0.3 is 25.1 Å². The Bertz CT molecular complexity index is 1490. The number of carbonyl (C=O) groups excluding carboxylic acids is 1. The first-order valence-electron chi connectivity index (χ1n) is 11.3. The van der Waals surface area contributed by atoms with E-state index in [1.807, 2.05) is 6.92 Å². The number of nitrogens with one attached hydrogen (secondary N) is 2. The van der Waals surface area contributed by atoms with Crippen molar-refractivity contribution in [3.05, 3.63) is 101 Å². The predicted molar refractivity (Wildman–Crippen MR) is 145 cm³/mol. The van der Waals surface area contributed by atoms with Crippen LogP contribution in [-0.4, -0.2) is 38.6 Å². The second-order valence-corrected chi connectivity index (χ2v) is 9.76. The van der Waals surface area contributed by atoms with Crippen LogP contribution in [0.1, 0.15) is 16.7 Å². The van der Waals surface area contributed by atoms with E-state index in [1.54, 1.807) is 42.5 Å². The number of benzene rings is 3. The lowest BCUT2D eigenvalue weighted by atomic mass is 10.1. The number of methoxy groups -OCH3 is 2. The second kappa shape index (κ2) is 12.6. The lowest BCUT2D eigenvalue weighted by Crippen LogP contribution is -2.36. The number of ketones is 1. The third kappa shape index (κ3) is 7.73. The van der Waals surface area contributed by atoms with E-state index in [0.29, 0.717) is 11.1 Å². The summed E-state index contributed by atoms with van der Waals surface area (Å²) in [6.45, 7) is 1.85. The maximum Gasteiger partial charge on any atom is 0.257 e. The molecule has 0 radical (unpaired) electrons. The van der Waals surface area contributed by atoms with Gasteiger partial charge in [0.05, 0.1) is 24.8 Å². The van der Waals surface area contributed by atoms with Gasteiger partial charge >= 0.3 is 0 Å². The average Bonchev–Trinajstić information content (AvgIpc) is 2.90. The molecule has 38 heavy (non-hydrogen) atoms. The number of carbonyl (C=O) groups is 1. The number of ether oxygens (including phenoxy) is 2. The van der Waals surface area contributed by atoms with Crippen molar-refractivity contribution in [3.8, 4) is 23.0 Å². The fourth-order valence-electron chi connectivity index (χ4n) is 3.19. The monoisotopic (exact) mass is 536 g/mol. The number of hydrogen-bond donors (Lipinski definition) is 4. The molecular formula is C28H28N2O7S. The van der Waals surface area contributed by atoms with Crippen LogP contribution < -0.4 is 19.7 Å². The molecule has 9 nitrogen and oxygen atoms in total. The van der Waals surface area contributed by atoms with Gasteiger partial charge in [0.2, 0.25) is 0 Å². The summed E-state index contributed by atoms with van der Waals surface area (Å²) in [7, 11) is -1.09. The Morgan fingerprint density at radius 3 is 1.87 bits per heavy atom. The largest absolute Gasteiger partial charge is 0.504 e. The van der Waals surface area contributed by atoms with Gasteiger partial charge in [-0.1, -0.05) is 42.0 Å². The van der Waals surface area contributed by atoms with Crippen LogP contribution in [0.4, 0.5) is 0 Å². The van der Waals surface area contributed by atoms with Gasteiger partial charge in [0.1, 0.15) is 0 Å². The van der Waals surface area contributed by atoms with Crippen LogP contribution in [0.3, 0.4) is 0 Å². The Balaban J connectivity index is 1.86. The molecule has 10 heteroatoms. The fourth-order valence-corrected chi connectivity index (χ4v) is 4.05. The molecule has 0 spiro atoms. The Kier molecular flexibility index (Phi) is 9.31. The summed E-state index contributed by atoms with van der Waals surface area (Å²) in [5.41, 5.74) is 4.89. The van der Waals surface area contributed by atoms with Gasteiger partial charge in [-0.2, -0.15) is 0 Å². The third-order valence-electron chi connectivity index (χ3n) is 5.26. The van der Waals surface area contributed by atoms with Crippen LogP contribution in [0.15, 0.2) is 89.5 Å². The Morgan fingerprint density at radius 2 is 1.34 bits per heavy atom. The fraction of sp³-hybridized carbons (Fsp3) is 0.107. The molecule has 0 saturated heterocycles. The molecule has 0 aliphatic carbocycles. The zero-order valence-corrected chi connectivity index (χ0v) is 21.8. The second-order valence-electron chi connectivity index (χ2n) is 8.07. The summed E-state index contributed by atoms with van der Waals surface area (Å²) in [6.07, 6.45) is 7.14. The number of rotatable bonds is 11. The lowest BCUT2D eigenvalue weighted by molar-refractivity contribution is -0.110. The van der Waals surface area contributed by atoms with Gasteiger partial charge in [-0.15, -0.1) is 4.83 Å². The molecule has 4 N–H and O–H groups in total. The molecule has 0 aromatic heterocycles. The van der Waals surface area contributed by atoms with Gasteiger partial charge in [-0.3, -0.25) is 4.79 Å². The van der Waals surface area contributed by atoms with Crippen molar-refractivity contribution in [1.82, 2.24) is 10.3 Å². The van der Waals surface area contributed by atoms with E-state index in [1.165, 1.54) is 62.8 Å². The summed E-state index contributed by atoms with van der Waals surface area (Å²) < 4.78 is 35.6. The van der Waals surface area contributed by atoms with E-state index < -0.39 is 15.8 Å². The minimum atomic E-state index is -3.93. The first kappa shape index (κ1) is 28.0. The Labute approximate surface area is 221 Å². The number of aryl methyl sites for hydroxylation is 1. The zero-order chi connectivity index (χ0) is 27.7. The van der Waals surface area contributed by atoms with E-state index >= 15 is 0 Å². The van der Waals surface area contributed by atoms with Crippen molar-refractivity contribution in [1.29, 1.82) is 0 Å². The maximum atomic E-state index is 12.7. The van der Waals surface area contributed by atoms with Gasteiger partial charge in [-0.25, -0.2) is 8.42 Å². The first-order valence-corrected chi connectivity index (χ1v) is 12.8. The number of phenolic OH excluding ortho intramolecular Hbond substituents is 2. The molecule has 3 aromatic carbocycles. The standard InChI is InChI=1S/C28H28N2O7S/c1-19-4-12-24(13-5-19)38(34,35)30-29-22(10-6-20-8-14-25(32)27(16-20)36-2)18-23(31)11-7-21-9-15-26(33)28(17-21)37-3/h4-18,29-30,32-33H,1-3H3. The molecule has 198 valence electrons. The molecular weight excluding hydrogens is 508 g/mol. The molecule has 0 aliphatic heterocycles. The van der Waals surface area contributed by atoms with Crippen molar-refractivity contribution in [2.24, 2.45) is 0 Å². The maximum absolute atomic E-state index is 12.7. The SMILES string of the molecule is COc1cc(C=CC(=O)C=C(C=Cc2ccc(O)c(OC)c2)NNS(=O)(=O)c2ccc(C)cc2)ccc1O. The van der Waals surface area contributed by atoms with E-state index in [-0.39, 0.29) is 33.6 Å². The van der Waals surface area contributed by atoms with Gasteiger partial charge in [-0.05, 0) is 66.6 Å². The highest BCUT2D eigenvalue weighted by molar-refractivity contribution is 7.89. The van der Waals surface area contributed by atoms with Crippen molar-refractivity contribution in [3.63, 3.8) is 0 Å². The third-order valence-corrected chi connectivity index (χ3v) is 6.53. The van der Waals surface area contributed by atoms with Gasteiger partial charge in [0, 0.05) is 6.08 Å². The zero-order valence-electron chi connectivity index (χ0n) is 21.0. The minimum Gasteiger partial charge on any atom is -0.504 e. The summed E-state index contributed by atoms with van der Waals surface area (Å²) in [5.74, 6) is 0.0149. The minimum absolute atomic E-state index is 0.0285. The van der Waals surface area contributed by atoms with Gasteiger partial charge in [0.15, 0.2) is 28.8 Å². The summed E-state index contributed by atoms with van der Waals surface area (Å²) in [5, 5.41) is 19.5. The quantitative estimate of drug-likeness (QED) is 0.164. The predicted octanol–water partition coefficient (Wildman–Crippen LogP) is 4.09. The molecule has 3 rings (SSSR count). The summed E-state index contributed by atoms with van der Waals surface area (Å²) in [4.78, 5) is 15.0. The number of hydrogen-bond acceptors (Lipinski definition) is 8. The summed E-state index contributed by atoms with van der Waals surface area (Å²) >= 11 is 0. The number of sulfonamides is 1. The van der Waals surface area contributed by atoms with E-state index in [2.05, 4.69) is 10.3 Å². The highest BCUT2D eigenvalue weighted by atomic mass is 32.2. The van der Waals surface area contributed by atoms with Crippen LogP contribution >= 0.6 is 0 Å². The van der Waals surface area contributed by atoms with Crippen LogP contribution in [0.2, 0.25) is 0 Å². The highest BCUT2D eigenvalue weighted by Crippen LogP contribution is 2.27. The molecule has 0 atom stereocenters. The smallest absolute Gasteiger partial charge is 0.257 e. The van der Waals surface area contributed by atoms with E-state index in [9.17, 15) is 23.4 Å². The van der Waals surface area contributed by atoms with E-state index in [0.717, 1.165) is 5.56 Å². The number of aromatic hydroxyl groups is 2.